The maximum absolute atomic E-state index is 13.4. The van der Waals surface area contributed by atoms with E-state index in [2.05, 4.69) is 6.58 Å². The molecule has 5 heteroatoms. The highest BCUT2D eigenvalue weighted by Crippen LogP contribution is 2.35. The molecule has 0 spiro atoms. The van der Waals surface area contributed by atoms with Gasteiger partial charge in [-0.2, -0.15) is 0 Å². The topological polar surface area (TPSA) is 34.9 Å². The van der Waals surface area contributed by atoms with Crippen molar-refractivity contribution >= 4 is 33.3 Å². The molecule has 0 amide bonds. The maximum Gasteiger partial charge on any atom is 0.263 e. The van der Waals surface area contributed by atoms with Gasteiger partial charge < -0.3 is 0 Å². The van der Waals surface area contributed by atoms with E-state index >= 15 is 0 Å². The van der Waals surface area contributed by atoms with Crippen LogP contribution in [-0.2, 0) is 19.4 Å². The van der Waals surface area contributed by atoms with Crippen molar-refractivity contribution in [2.75, 3.05) is 5.75 Å². The lowest BCUT2D eigenvalue weighted by Gasteiger charge is -2.23. The minimum absolute atomic E-state index is 0.210. The quantitative estimate of drug-likeness (QED) is 0.410. The van der Waals surface area contributed by atoms with Crippen molar-refractivity contribution < 1.29 is 0 Å². The van der Waals surface area contributed by atoms with Crippen LogP contribution in [0.4, 0.5) is 0 Å². The van der Waals surface area contributed by atoms with Gasteiger partial charge in [-0.15, -0.1) is 17.9 Å². The summed E-state index contributed by atoms with van der Waals surface area (Å²) in [6.45, 7) is 4.66. The van der Waals surface area contributed by atoms with Crippen molar-refractivity contribution in [3.05, 3.63) is 33.4 Å². The largest absolute Gasteiger partial charge is 0.287 e. The van der Waals surface area contributed by atoms with Gasteiger partial charge in [0.15, 0.2) is 5.16 Å². The van der Waals surface area contributed by atoms with Crippen molar-refractivity contribution in [3.8, 4) is 0 Å². The number of aryl methyl sites for hydroxylation is 2. The third-order valence-electron chi connectivity index (χ3n) is 5.54. The van der Waals surface area contributed by atoms with Gasteiger partial charge in [0.05, 0.1) is 5.39 Å². The molecule has 25 heavy (non-hydrogen) atoms. The van der Waals surface area contributed by atoms with Crippen LogP contribution >= 0.6 is 23.1 Å². The molecule has 3 nitrogen and oxygen atoms in total. The van der Waals surface area contributed by atoms with Crippen molar-refractivity contribution in [1.82, 2.24) is 9.55 Å². The normalized spacial score (nSPS) is 18.4. The van der Waals surface area contributed by atoms with Gasteiger partial charge in [0.2, 0.25) is 0 Å². The van der Waals surface area contributed by atoms with Crippen LogP contribution in [0.25, 0.3) is 10.2 Å². The van der Waals surface area contributed by atoms with Crippen molar-refractivity contribution in [3.63, 3.8) is 0 Å². The number of rotatable bonds is 5. The van der Waals surface area contributed by atoms with Gasteiger partial charge in [-0.1, -0.05) is 37.1 Å². The van der Waals surface area contributed by atoms with E-state index in [0.717, 1.165) is 40.5 Å². The van der Waals surface area contributed by atoms with Gasteiger partial charge in [-0.25, -0.2) is 4.98 Å². The van der Waals surface area contributed by atoms with Crippen molar-refractivity contribution in [2.45, 2.75) is 69.5 Å². The molecule has 2 aromatic heterocycles. The molecule has 2 aromatic rings. The van der Waals surface area contributed by atoms with Gasteiger partial charge in [0.25, 0.3) is 5.56 Å². The number of hydrogen-bond acceptors (Lipinski definition) is 4. The molecule has 0 bridgehead atoms. The molecule has 0 radical (unpaired) electrons. The second kappa shape index (κ2) is 7.67. The molecule has 0 unspecified atom stereocenters. The Balaban J connectivity index is 1.80. The predicted octanol–water partition coefficient (Wildman–Crippen LogP) is 5.20. The molecule has 0 aromatic carbocycles. The first-order valence-electron chi connectivity index (χ1n) is 9.56. The molecule has 4 rings (SSSR count). The SMILES string of the molecule is C=CCSc1nc2sc3c(c2c(=O)n1CC1CCCCC1)CCCC3. The fourth-order valence-electron chi connectivity index (χ4n) is 4.25. The minimum atomic E-state index is 0.210. The van der Waals surface area contributed by atoms with E-state index in [1.165, 1.54) is 55.4 Å². The summed E-state index contributed by atoms with van der Waals surface area (Å²) < 4.78 is 1.99. The van der Waals surface area contributed by atoms with E-state index in [-0.39, 0.29) is 5.56 Å². The zero-order valence-corrected chi connectivity index (χ0v) is 16.4. The van der Waals surface area contributed by atoms with Crippen LogP contribution in [0.5, 0.6) is 0 Å². The Morgan fingerprint density at radius 3 is 2.80 bits per heavy atom. The van der Waals surface area contributed by atoms with Gasteiger partial charge in [0, 0.05) is 17.2 Å². The monoisotopic (exact) mass is 374 g/mol. The maximum atomic E-state index is 13.4. The number of thioether (sulfide) groups is 1. The molecule has 1 saturated carbocycles. The molecule has 2 heterocycles. The van der Waals surface area contributed by atoms with Crippen molar-refractivity contribution in [2.24, 2.45) is 5.92 Å². The smallest absolute Gasteiger partial charge is 0.263 e. The van der Waals surface area contributed by atoms with Crippen LogP contribution in [0, 0.1) is 5.92 Å². The fraction of sp³-hybridized carbons (Fsp3) is 0.600. The molecule has 2 aliphatic rings. The zero-order chi connectivity index (χ0) is 17.2. The van der Waals surface area contributed by atoms with E-state index < -0.39 is 0 Å². The molecule has 2 aliphatic carbocycles. The number of thiophene rings is 1. The molecule has 134 valence electrons. The molecular weight excluding hydrogens is 348 g/mol. The van der Waals surface area contributed by atoms with E-state index in [9.17, 15) is 4.79 Å². The molecule has 0 atom stereocenters. The van der Waals surface area contributed by atoms with Gasteiger partial charge >= 0.3 is 0 Å². The number of aromatic nitrogens is 2. The number of hydrogen-bond donors (Lipinski definition) is 0. The average Bonchev–Trinajstić information content (AvgIpc) is 3.02. The van der Waals surface area contributed by atoms with Crippen LogP contribution < -0.4 is 5.56 Å². The van der Waals surface area contributed by atoms with Crippen molar-refractivity contribution in [1.29, 1.82) is 0 Å². The highest BCUT2D eigenvalue weighted by Gasteiger charge is 2.23. The summed E-state index contributed by atoms with van der Waals surface area (Å²) in [4.78, 5) is 20.7. The Morgan fingerprint density at radius 1 is 1.20 bits per heavy atom. The van der Waals surface area contributed by atoms with Crippen LogP contribution in [-0.4, -0.2) is 15.3 Å². The summed E-state index contributed by atoms with van der Waals surface area (Å²) in [5.41, 5.74) is 1.52. The first kappa shape index (κ1) is 17.3. The summed E-state index contributed by atoms with van der Waals surface area (Å²) in [6.07, 6.45) is 13.0. The van der Waals surface area contributed by atoms with E-state index in [4.69, 9.17) is 4.98 Å². The predicted molar refractivity (Wildman–Crippen MR) is 108 cm³/mol. The highest BCUT2D eigenvalue weighted by molar-refractivity contribution is 7.99. The first-order valence-corrected chi connectivity index (χ1v) is 11.4. The third kappa shape index (κ3) is 3.45. The molecule has 0 N–H and O–H groups in total. The Hall–Kier alpha value is -1.07. The summed E-state index contributed by atoms with van der Waals surface area (Å²) in [7, 11) is 0. The van der Waals surface area contributed by atoms with Gasteiger partial charge in [-0.3, -0.25) is 9.36 Å². The van der Waals surface area contributed by atoms with E-state index in [0.29, 0.717) is 5.92 Å². The Kier molecular flexibility index (Phi) is 5.32. The second-order valence-electron chi connectivity index (χ2n) is 7.30. The van der Waals surface area contributed by atoms with E-state index in [1.54, 1.807) is 23.1 Å². The lowest BCUT2D eigenvalue weighted by atomic mass is 9.89. The highest BCUT2D eigenvalue weighted by atomic mass is 32.2. The van der Waals surface area contributed by atoms with Crippen LogP contribution in [0.3, 0.4) is 0 Å². The average molecular weight is 375 g/mol. The lowest BCUT2D eigenvalue weighted by Crippen LogP contribution is -2.28. The summed E-state index contributed by atoms with van der Waals surface area (Å²) in [6, 6.07) is 0. The van der Waals surface area contributed by atoms with Crippen LogP contribution in [0.1, 0.15) is 55.4 Å². The first-order chi connectivity index (χ1) is 12.3. The molecular formula is C20H26N2OS2. The molecule has 0 saturated heterocycles. The lowest BCUT2D eigenvalue weighted by molar-refractivity contribution is 0.306. The minimum Gasteiger partial charge on any atom is -0.287 e. The molecule has 0 aliphatic heterocycles. The summed E-state index contributed by atoms with van der Waals surface area (Å²) >= 11 is 3.40. The van der Waals surface area contributed by atoms with Gasteiger partial charge in [0.1, 0.15) is 4.83 Å². The zero-order valence-electron chi connectivity index (χ0n) is 14.8. The van der Waals surface area contributed by atoms with E-state index in [1.807, 2.05) is 10.6 Å². The summed E-state index contributed by atoms with van der Waals surface area (Å²) in [5.74, 6) is 1.43. The standard InChI is InChI=1S/C20H26N2OS2/c1-2-12-24-20-21-18-17(15-10-6-7-11-16(15)25-18)19(23)22(20)13-14-8-4-3-5-9-14/h2,14H,1,3-13H2. The third-order valence-corrected chi connectivity index (χ3v) is 7.69. The Labute approximate surface area is 157 Å². The number of fused-ring (bicyclic) bond motifs is 3. The molecule has 1 fully saturated rings. The van der Waals surface area contributed by atoms with Crippen LogP contribution in [0.2, 0.25) is 0 Å². The fourth-order valence-corrected chi connectivity index (χ4v) is 6.30. The van der Waals surface area contributed by atoms with Crippen LogP contribution in [0.15, 0.2) is 22.6 Å². The second-order valence-corrected chi connectivity index (χ2v) is 9.38. The number of nitrogens with zero attached hydrogens (tertiary/aromatic N) is 2. The van der Waals surface area contributed by atoms with Gasteiger partial charge in [-0.05, 0) is 50.0 Å². The Morgan fingerprint density at radius 2 is 2.00 bits per heavy atom. The summed E-state index contributed by atoms with van der Waals surface area (Å²) in [5, 5.41) is 1.82. The Bertz CT molecular complexity index is 830.